The highest BCUT2D eigenvalue weighted by molar-refractivity contribution is 5.04. The maximum atomic E-state index is 3.44. The number of hydrogen-bond acceptors (Lipinski definition) is 1. The van der Waals surface area contributed by atoms with E-state index in [0.29, 0.717) is 5.41 Å². The third-order valence-electron chi connectivity index (χ3n) is 3.12. The Morgan fingerprint density at radius 3 is 2.18 bits per heavy atom. The molecule has 0 aromatic carbocycles. The van der Waals surface area contributed by atoms with Gasteiger partial charge in [0, 0.05) is 0 Å². The molecule has 1 nitrogen and oxygen atoms in total. The summed E-state index contributed by atoms with van der Waals surface area (Å²) < 4.78 is 0. The van der Waals surface area contributed by atoms with Crippen molar-refractivity contribution in [2.75, 3.05) is 13.1 Å². The van der Waals surface area contributed by atoms with E-state index in [-0.39, 0.29) is 0 Å². The summed E-state index contributed by atoms with van der Waals surface area (Å²) >= 11 is 0. The molecule has 0 bridgehead atoms. The third-order valence-corrected chi connectivity index (χ3v) is 3.12. The van der Waals surface area contributed by atoms with Crippen LogP contribution in [0.3, 0.4) is 0 Å². The van der Waals surface area contributed by atoms with Crippen LogP contribution in [-0.2, 0) is 0 Å². The first-order chi connectivity index (χ1) is 5.08. The third kappa shape index (κ3) is 1.44. The van der Waals surface area contributed by atoms with Gasteiger partial charge in [0.2, 0.25) is 0 Å². The van der Waals surface area contributed by atoms with Crippen molar-refractivity contribution in [3.05, 3.63) is 0 Å². The van der Waals surface area contributed by atoms with Crippen LogP contribution in [0.15, 0.2) is 0 Å². The van der Waals surface area contributed by atoms with E-state index in [4.69, 9.17) is 0 Å². The lowest BCUT2D eigenvalue weighted by atomic mass is 9.88. The Hall–Kier alpha value is -0.0400. The number of hydrogen-bond donors (Lipinski definition) is 1. The van der Waals surface area contributed by atoms with Crippen molar-refractivity contribution >= 4 is 0 Å². The molecule has 0 radical (unpaired) electrons. The van der Waals surface area contributed by atoms with E-state index in [9.17, 15) is 0 Å². The van der Waals surface area contributed by atoms with Crippen molar-refractivity contribution in [3.8, 4) is 0 Å². The molecule has 1 heteroatoms. The molecule has 2 fully saturated rings. The summed E-state index contributed by atoms with van der Waals surface area (Å²) in [4.78, 5) is 0. The normalized spacial score (nSPS) is 42.3. The molecule has 0 aromatic heterocycles. The van der Waals surface area contributed by atoms with Gasteiger partial charge in [0.1, 0.15) is 0 Å². The smallest absolute Gasteiger partial charge is 0.00144 e. The van der Waals surface area contributed by atoms with E-state index in [0.717, 1.165) is 17.8 Å². The Bertz CT molecular complexity index is 147. The quantitative estimate of drug-likeness (QED) is 0.606. The van der Waals surface area contributed by atoms with Crippen LogP contribution in [0.2, 0.25) is 0 Å². The van der Waals surface area contributed by atoms with Crippen LogP contribution in [-0.4, -0.2) is 13.1 Å². The van der Waals surface area contributed by atoms with Gasteiger partial charge < -0.3 is 5.32 Å². The van der Waals surface area contributed by atoms with Crippen molar-refractivity contribution in [1.29, 1.82) is 0 Å². The van der Waals surface area contributed by atoms with Crippen molar-refractivity contribution < 1.29 is 0 Å². The molecule has 2 atom stereocenters. The molecule has 64 valence electrons. The van der Waals surface area contributed by atoms with Crippen molar-refractivity contribution in [2.24, 2.45) is 23.2 Å². The summed E-state index contributed by atoms with van der Waals surface area (Å²) in [5.41, 5.74) is 0.551. The second kappa shape index (κ2) is 2.22. The summed E-state index contributed by atoms with van der Waals surface area (Å²) in [6.07, 6.45) is 1.43. The minimum Gasteiger partial charge on any atom is -0.316 e. The van der Waals surface area contributed by atoms with E-state index >= 15 is 0 Å². The van der Waals surface area contributed by atoms with Crippen molar-refractivity contribution in [3.63, 3.8) is 0 Å². The summed E-state index contributed by atoms with van der Waals surface area (Å²) in [5.74, 6) is 3.17. The number of nitrogens with one attached hydrogen (secondary N) is 1. The van der Waals surface area contributed by atoms with E-state index in [1.54, 1.807) is 0 Å². The van der Waals surface area contributed by atoms with Gasteiger partial charge in [0.25, 0.3) is 0 Å². The van der Waals surface area contributed by atoms with Crippen LogP contribution in [0.1, 0.15) is 27.2 Å². The fourth-order valence-electron chi connectivity index (χ4n) is 2.56. The molecule has 2 rings (SSSR count). The number of piperidine rings is 1. The van der Waals surface area contributed by atoms with Crippen LogP contribution in [0.5, 0.6) is 0 Å². The van der Waals surface area contributed by atoms with Crippen LogP contribution in [0.4, 0.5) is 0 Å². The zero-order valence-corrected chi connectivity index (χ0v) is 7.85. The summed E-state index contributed by atoms with van der Waals surface area (Å²) in [6, 6.07) is 0. The van der Waals surface area contributed by atoms with Gasteiger partial charge in [-0.05, 0) is 42.7 Å². The molecule has 1 aliphatic carbocycles. The summed E-state index contributed by atoms with van der Waals surface area (Å²) in [6.45, 7) is 9.66. The Kier molecular flexibility index (Phi) is 1.54. The molecule has 2 unspecified atom stereocenters. The Morgan fingerprint density at radius 1 is 1.18 bits per heavy atom. The van der Waals surface area contributed by atoms with Gasteiger partial charge in [-0.15, -0.1) is 0 Å². The monoisotopic (exact) mass is 153 g/mol. The average molecular weight is 153 g/mol. The lowest BCUT2D eigenvalue weighted by molar-refractivity contribution is 0.330. The predicted molar refractivity (Wildman–Crippen MR) is 47.4 cm³/mol. The molecule has 1 heterocycles. The van der Waals surface area contributed by atoms with Crippen LogP contribution in [0, 0.1) is 23.2 Å². The molecule has 1 saturated heterocycles. The van der Waals surface area contributed by atoms with Crippen molar-refractivity contribution in [2.45, 2.75) is 27.2 Å². The average Bonchev–Trinajstić information content (AvgIpc) is 2.39. The molecule has 2 aliphatic rings. The largest absolute Gasteiger partial charge is 0.316 e. The lowest BCUT2D eigenvalue weighted by Gasteiger charge is -2.19. The minimum atomic E-state index is 0.551. The highest BCUT2D eigenvalue weighted by atomic mass is 15.0. The molecule has 1 saturated carbocycles. The van der Waals surface area contributed by atoms with Gasteiger partial charge in [-0.3, -0.25) is 0 Å². The number of rotatable bonds is 1. The van der Waals surface area contributed by atoms with Crippen LogP contribution < -0.4 is 5.32 Å². The Labute approximate surface area is 69.6 Å². The summed E-state index contributed by atoms with van der Waals surface area (Å²) in [7, 11) is 0. The highest BCUT2D eigenvalue weighted by Crippen LogP contribution is 2.53. The predicted octanol–water partition coefficient (Wildman–Crippen LogP) is 1.89. The summed E-state index contributed by atoms with van der Waals surface area (Å²) in [5, 5.41) is 3.44. The van der Waals surface area contributed by atoms with Gasteiger partial charge in [0.05, 0.1) is 0 Å². The molecular formula is C10H19N. The van der Waals surface area contributed by atoms with Crippen molar-refractivity contribution in [1.82, 2.24) is 5.32 Å². The fourth-order valence-corrected chi connectivity index (χ4v) is 2.56. The highest BCUT2D eigenvalue weighted by Gasteiger charge is 2.53. The number of fused-ring (bicyclic) bond motifs is 1. The maximum Gasteiger partial charge on any atom is -0.00144 e. The van der Waals surface area contributed by atoms with E-state index in [1.807, 2.05) is 0 Å². The maximum absolute atomic E-state index is 3.44. The molecule has 1 aliphatic heterocycles. The standard InChI is InChI=1S/C10H19N/c1-10(2,3)4-7-8-5-11-6-9(7)8/h7-9,11H,4-6H2,1-3H3. The van der Waals surface area contributed by atoms with E-state index in [1.165, 1.54) is 19.5 Å². The van der Waals surface area contributed by atoms with E-state index in [2.05, 4.69) is 26.1 Å². The zero-order chi connectivity index (χ0) is 8.06. The first-order valence-electron chi connectivity index (χ1n) is 4.79. The van der Waals surface area contributed by atoms with Gasteiger partial charge in [-0.25, -0.2) is 0 Å². The second-order valence-electron chi connectivity index (χ2n) is 5.41. The molecule has 0 amide bonds. The van der Waals surface area contributed by atoms with Gasteiger partial charge in [-0.2, -0.15) is 0 Å². The van der Waals surface area contributed by atoms with Crippen LogP contribution in [0.25, 0.3) is 0 Å². The SMILES string of the molecule is CC(C)(C)CC1C2CNCC21. The minimum absolute atomic E-state index is 0.551. The van der Waals surface area contributed by atoms with Gasteiger partial charge >= 0.3 is 0 Å². The fraction of sp³-hybridized carbons (Fsp3) is 1.00. The lowest BCUT2D eigenvalue weighted by Crippen LogP contribution is -2.17. The molecule has 0 spiro atoms. The van der Waals surface area contributed by atoms with Gasteiger partial charge in [0.15, 0.2) is 0 Å². The van der Waals surface area contributed by atoms with E-state index < -0.39 is 0 Å². The molecule has 11 heavy (non-hydrogen) atoms. The first-order valence-corrected chi connectivity index (χ1v) is 4.79. The van der Waals surface area contributed by atoms with Crippen LogP contribution >= 0.6 is 0 Å². The first kappa shape index (κ1) is 7.60. The molecular weight excluding hydrogens is 134 g/mol. The molecule has 0 aromatic rings. The van der Waals surface area contributed by atoms with Gasteiger partial charge in [-0.1, -0.05) is 20.8 Å². The zero-order valence-electron chi connectivity index (χ0n) is 7.85. The molecule has 1 N–H and O–H groups in total. The Balaban J connectivity index is 1.83. The second-order valence-corrected chi connectivity index (χ2v) is 5.41. The Morgan fingerprint density at radius 2 is 1.73 bits per heavy atom. The topological polar surface area (TPSA) is 12.0 Å².